The van der Waals surface area contributed by atoms with E-state index >= 15 is 0 Å². The molecular formula is C13H16O3. The zero-order valence-electron chi connectivity index (χ0n) is 9.26. The molecule has 2 rings (SSSR count). The van der Waals surface area contributed by atoms with Gasteiger partial charge in [-0.25, -0.2) is 0 Å². The van der Waals surface area contributed by atoms with Gasteiger partial charge in [-0.2, -0.15) is 0 Å². The molecular weight excluding hydrogens is 204 g/mol. The van der Waals surface area contributed by atoms with Gasteiger partial charge in [0.1, 0.15) is 11.5 Å². The quantitative estimate of drug-likeness (QED) is 0.769. The van der Waals surface area contributed by atoms with Crippen molar-refractivity contribution in [2.45, 2.75) is 32.0 Å². The average Bonchev–Trinajstić information content (AvgIpc) is 2.56. The Morgan fingerprint density at radius 3 is 2.94 bits per heavy atom. The number of benzene rings is 1. The molecule has 0 fully saturated rings. The first-order valence-corrected chi connectivity index (χ1v) is 5.55. The average molecular weight is 220 g/mol. The van der Waals surface area contributed by atoms with Crippen LogP contribution in [0.3, 0.4) is 0 Å². The van der Waals surface area contributed by atoms with Crippen LogP contribution in [0.25, 0.3) is 0 Å². The van der Waals surface area contributed by atoms with Crippen molar-refractivity contribution in [2.75, 3.05) is 0 Å². The molecule has 0 unspecified atom stereocenters. The molecule has 0 spiro atoms. The summed E-state index contributed by atoms with van der Waals surface area (Å²) in [6, 6.07) is 4.92. The highest BCUT2D eigenvalue weighted by Gasteiger charge is 2.32. The predicted octanol–water partition coefficient (Wildman–Crippen LogP) is 2.54. The van der Waals surface area contributed by atoms with E-state index in [1.54, 1.807) is 18.2 Å². The topological polar surface area (TPSA) is 49.7 Å². The van der Waals surface area contributed by atoms with Crippen molar-refractivity contribution in [3.05, 3.63) is 35.9 Å². The van der Waals surface area contributed by atoms with Crippen LogP contribution in [0.4, 0.5) is 0 Å². The number of allylic oxidation sites excluding steroid dienone is 2. The second-order valence-corrected chi connectivity index (χ2v) is 3.95. The number of phenolic OH excluding ortho intramolecular Hbond substituents is 1. The minimum Gasteiger partial charge on any atom is -0.508 e. The number of aliphatic hydroxyl groups excluding tert-OH is 1. The van der Waals surface area contributed by atoms with Gasteiger partial charge in [0.15, 0.2) is 0 Å². The number of phenols is 1. The normalized spacial score (nSPS) is 23.4. The van der Waals surface area contributed by atoms with E-state index in [0.29, 0.717) is 5.75 Å². The molecule has 0 amide bonds. The summed E-state index contributed by atoms with van der Waals surface area (Å²) in [4.78, 5) is 0. The summed E-state index contributed by atoms with van der Waals surface area (Å²) >= 11 is 0. The molecule has 1 aliphatic rings. The minimum atomic E-state index is -0.807. The molecule has 3 nitrogen and oxygen atoms in total. The van der Waals surface area contributed by atoms with Crippen molar-refractivity contribution >= 4 is 0 Å². The van der Waals surface area contributed by atoms with Crippen LogP contribution in [-0.2, 0) is 0 Å². The van der Waals surface area contributed by atoms with E-state index in [2.05, 4.69) is 13.0 Å². The Kier molecular flexibility index (Phi) is 3.15. The maximum atomic E-state index is 9.76. The molecule has 1 aromatic carbocycles. The Labute approximate surface area is 95.0 Å². The van der Waals surface area contributed by atoms with Crippen LogP contribution in [0.2, 0.25) is 0 Å². The maximum Gasteiger partial charge on any atom is 0.204 e. The Morgan fingerprint density at radius 2 is 2.19 bits per heavy atom. The SMILES string of the molecule is CC/C=C\C[C@@H]1c2cc(O)ccc2O[C@H]1O. The van der Waals surface area contributed by atoms with Crippen molar-refractivity contribution in [1.29, 1.82) is 0 Å². The molecule has 1 heterocycles. The van der Waals surface area contributed by atoms with Gasteiger partial charge in [-0.05, 0) is 31.0 Å². The molecule has 2 N–H and O–H groups in total. The molecule has 0 saturated heterocycles. The maximum absolute atomic E-state index is 9.76. The number of fused-ring (bicyclic) bond motifs is 1. The first-order chi connectivity index (χ1) is 7.72. The molecule has 0 bridgehead atoms. The van der Waals surface area contributed by atoms with Crippen LogP contribution in [0.5, 0.6) is 11.5 Å². The van der Waals surface area contributed by atoms with Gasteiger partial charge in [0, 0.05) is 5.56 Å². The lowest BCUT2D eigenvalue weighted by atomic mass is 9.96. The summed E-state index contributed by atoms with van der Waals surface area (Å²) in [7, 11) is 0. The van der Waals surface area contributed by atoms with Crippen LogP contribution >= 0.6 is 0 Å². The summed E-state index contributed by atoms with van der Waals surface area (Å²) in [6.45, 7) is 2.07. The Bertz CT molecular complexity index is 398. The van der Waals surface area contributed by atoms with Crippen LogP contribution in [-0.4, -0.2) is 16.5 Å². The van der Waals surface area contributed by atoms with Gasteiger partial charge in [0.05, 0.1) is 5.92 Å². The molecule has 0 radical (unpaired) electrons. The highest BCUT2D eigenvalue weighted by Crippen LogP contribution is 2.41. The molecule has 3 heteroatoms. The monoisotopic (exact) mass is 220 g/mol. The Hall–Kier alpha value is -1.48. The first kappa shape index (κ1) is 11.0. The van der Waals surface area contributed by atoms with Crippen molar-refractivity contribution in [3.63, 3.8) is 0 Å². The number of aliphatic hydroxyl groups is 1. The molecule has 2 atom stereocenters. The predicted molar refractivity (Wildman–Crippen MR) is 61.5 cm³/mol. The van der Waals surface area contributed by atoms with E-state index in [9.17, 15) is 10.2 Å². The third-order valence-electron chi connectivity index (χ3n) is 2.78. The second-order valence-electron chi connectivity index (χ2n) is 3.95. The van der Waals surface area contributed by atoms with E-state index in [1.807, 2.05) is 6.08 Å². The fourth-order valence-electron chi connectivity index (χ4n) is 1.95. The van der Waals surface area contributed by atoms with Gasteiger partial charge >= 0.3 is 0 Å². The van der Waals surface area contributed by atoms with Crippen LogP contribution in [0.1, 0.15) is 31.2 Å². The van der Waals surface area contributed by atoms with E-state index in [-0.39, 0.29) is 11.7 Å². The van der Waals surface area contributed by atoms with Crippen LogP contribution < -0.4 is 4.74 Å². The van der Waals surface area contributed by atoms with Crippen LogP contribution in [0, 0.1) is 0 Å². The number of rotatable bonds is 3. The second kappa shape index (κ2) is 4.58. The fourth-order valence-corrected chi connectivity index (χ4v) is 1.95. The summed E-state index contributed by atoms with van der Waals surface area (Å²) in [5, 5.41) is 19.2. The van der Waals surface area contributed by atoms with Crippen molar-refractivity contribution in [2.24, 2.45) is 0 Å². The lowest BCUT2D eigenvalue weighted by molar-refractivity contribution is -0.0175. The van der Waals surface area contributed by atoms with Crippen LogP contribution in [0.15, 0.2) is 30.4 Å². The number of aromatic hydroxyl groups is 1. The summed E-state index contributed by atoms with van der Waals surface area (Å²) in [5.41, 5.74) is 0.883. The zero-order valence-corrected chi connectivity index (χ0v) is 9.26. The van der Waals surface area contributed by atoms with Crippen molar-refractivity contribution in [1.82, 2.24) is 0 Å². The Morgan fingerprint density at radius 1 is 1.38 bits per heavy atom. The van der Waals surface area contributed by atoms with E-state index in [0.717, 1.165) is 18.4 Å². The summed E-state index contributed by atoms with van der Waals surface area (Å²) in [6.07, 6.45) is 5.00. The summed E-state index contributed by atoms with van der Waals surface area (Å²) < 4.78 is 5.32. The molecule has 1 aliphatic heterocycles. The number of ether oxygens (including phenoxy) is 1. The van der Waals surface area contributed by atoms with Crippen molar-refractivity contribution < 1.29 is 14.9 Å². The van der Waals surface area contributed by atoms with E-state index in [4.69, 9.17) is 4.74 Å². The lowest BCUT2D eigenvalue weighted by Crippen LogP contribution is -2.16. The standard InChI is InChI=1S/C13H16O3/c1-2-3-4-5-10-11-8-9(14)6-7-12(11)16-13(10)15/h3-4,6-8,10,13-15H,2,5H2,1H3/b4-3-/t10-,13-/m1/s1. The molecule has 86 valence electrons. The van der Waals surface area contributed by atoms with Gasteiger partial charge in [0.25, 0.3) is 0 Å². The smallest absolute Gasteiger partial charge is 0.204 e. The third kappa shape index (κ3) is 2.04. The lowest BCUT2D eigenvalue weighted by Gasteiger charge is -2.10. The van der Waals surface area contributed by atoms with Gasteiger partial charge in [0.2, 0.25) is 6.29 Å². The van der Waals surface area contributed by atoms with Crippen molar-refractivity contribution in [3.8, 4) is 11.5 Å². The van der Waals surface area contributed by atoms with E-state index in [1.165, 1.54) is 0 Å². The highest BCUT2D eigenvalue weighted by atomic mass is 16.6. The highest BCUT2D eigenvalue weighted by molar-refractivity contribution is 5.45. The van der Waals surface area contributed by atoms with Gasteiger partial charge in [-0.1, -0.05) is 19.1 Å². The third-order valence-corrected chi connectivity index (χ3v) is 2.78. The summed E-state index contributed by atoms with van der Waals surface area (Å²) in [5.74, 6) is 0.797. The molecule has 0 aliphatic carbocycles. The molecule has 0 saturated carbocycles. The van der Waals surface area contributed by atoms with Gasteiger partial charge < -0.3 is 14.9 Å². The minimum absolute atomic E-state index is 0.0788. The Balaban J connectivity index is 2.21. The largest absolute Gasteiger partial charge is 0.508 e. The molecule has 0 aromatic heterocycles. The number of hydrogen-bond donors (Lipinski definition) is 2. The first-order valence-electron chi connectivity index (χ1n) is 5.55. The number of hydrogen-bond acceptors (Lipinski definition) is 3. The molecule has 16 heavy (non-hydrogen) atoms. The zero-order chi connectivity index (χ0) is 11.5. The van der Waals surface area contributed by atoms with Gasteiger partial charge in [-0.3, -0.25) is 0 Å². The molecule has 1 aromatic rings. The fraction of sp³-hybridized carbons (Fsp3) is 0.385. The van der Waals surface area contributed by atoms with E-state index < -0.39 is 6.29 Å². The van der Waals surface area contributed by atoms with Gasteiger partial charge in [-0.15, -0.1) is 0 Å².